The van der Waals surface area contributed by atoms with E-state index in [2.05, 4.69) is 20.8 Å². The van der Waals surface area contributed by atoms with Crippen LogP contribution in [0.2, 0.25) is 0 Å². The Morgan fingerprint density at radius 3 is 0.704 bits per heavy atom. The average molecular weight is 1160 g/mol. The summed E-state index contributed by atoms with van der Waals surface area (Å²) < 4.78 is 17.3. The van der Waals surface area contributed by atoms with Crippen molar-refractivity contribution in [1.82, 2.24) is 0 Å². The van der Waals surface area contributed by atoms with Gasteiger partial charge in [0.25, 0.3) is 0 Å². The van der Waals surface area contributed by atoms with Crippen LogP contribution in [0.15, 0.2) is 0 Å². The first kappa shape index (κ1) is 71.8. The van der Waals surface area contributed by atoms with Crippen LogP contribution in [-0.2, 0) is 28.6 Å². The molecule has 0 unspecified atom stereocenters. The van der Waals surface area contributed by atoms with Crippen molar-refractivity contribution in [3.05, 3.63) is 0 Å². The van der Waals surface area contributed by atoms with Crippen LogP contribution in [0, 0.1) is 5.41 Å². The van der Waals surface area contributed by atoms with Crippen LogP contribution in [0.3, 0.4) is 0 Å². The molecule has 0 bridgehead atoms. The predicted molar refractivity (Wildman–Crippen MR) is 337 cm³/mol. The summed E-state index contributed by atoms with van der Waals surface area (Å²) in [5.41, 5.74) is -1.04. The van der Waals surface area contributed by atoms with E-state index in [-0.39, 0.29) is 19.8 Å². The normalized spacial score (nSPS) is 12.3. The molecular weight excluding hydrogens is 1060 g/mol. The van der Waals surface area contributed by atoms with Gasteiger partial charge in [0.05, 0.1) is 5.41 Å². The van der Waals surface area contributed by atoms with Gasteiger partial charge in [-0.05, 0) is 85.0 Å². The maximum atomic E-state index is 13.7. The van der Waals surface area contributed by atoms with Crippen molar-refractivity contribution < 1.29 is 28.6 Å². The van der Waals surface area contributed by atoms with E-state index in [0.717, 1.165) is 36.5 Å². The van der Waals surface area contributed by atoms with Crippen LogP contribution >= 0.6 is 107 Å². The number of hydrogen-bond donors (Lipinski definition) is 0. The van der Waals surface area contributed by atoms with Gasteiger partial charge < -0.3 is 14.2 Å². The van der Waals surface area contributed by atoms with E-state index in [4.69, 9.17) is 50.9 Å². The van der Waals surface area contributed by atoms with E-state index in [1.54, 1.807) is 35.3 Å². The summed E-state index contributed by atoms with van der Waals surface area (Å²) in [5, 5.41) is 0. The summed E-state index contributed by atoms with van der Waals surface area (Å²) in [6.45, 7) is 19.1. The van der Waals surface area contributed by atoms with Crippen LogP contribution in [0.1, 0.15) is 262 Å². The zero-order valence-electron chi connectivity index (χ0n) is 46.6. The molecule has 0 amide bonds. The van der Waals surface area contributed by atoms with Crippen LogP contribution in [-0.4, -0.2) is 79.8 Å². The zero-order valence-corrected chi connectivity index (χ0v) is 53.9. The lowest BCUT2D eigenvalue weighted by Crippen LogP contribution is -2.43. The average Bonchev–Trinajstić information content (AvgIpc) is 3.31. The van der Waals surface area contributed by atoms with E-state index in [1.165, 1.54) is 209 Å². The van der Waals surface area contributed by atoms with Gasteiger partial charge in [-0.1, -0.05) is 266 Å². The first-order valence-corrected chi connectivity index (χ1v) is 34.5. The third kappa shape index (κ3) is 40.6. The molecule has 0 aliphatic heterocycles. The fourth-order valence-corrected chi connectivity index (χ4v) is 16.6. The van der Waals surface area contributed by atoms with E-state index in [0.29, 0.717) is 10.6 Å². The van der Waals surface area contributed by atoms with Gasteiger partial charge >= 0.3 is 17.9 Å². The Kier molecular flexibility index (Phi) is 45.2. The number of thiocarbonyl (C=S) groups is 3. The van der Waals surface area contributed by atoms with Crippen molar-refractivity contribution >= 4 is 136 Å². The number of rotatable bonds is 45. The molecule has 0 radical (unpaired) electrons. The molecule has 0 saturated carbocycles. The largest absolute Gasteiger partial charge is 0.464 e. The quantitative estimate of drug-likeness (QED) is 0.0251. The minimum atomic E-state index is -1.04. The van der Waals surface area contributed by atoms with Gasteiger partial charge in [0.15, 0.2) is 0 Å². The number of unbranched alkanes of at least 4 members (excludes halogenated alkanes) is 27. The predicted octanol–water partition coefficient (Wildman–Crippen LogP) is 20.0. The van der Waals surface area contributed by atoms with E-state index >= 15 is 0 Å². The van der Waals surface area contributed by atoms with Crippen LogP contribution in [0.25, 0.3) is 0 Å². The fourth-order valence-electron chi connectivity index (χ4n) is 7.44. The molecule has 0 N–H and O–H groups in total. The second-order valence-corrected chi connectivity index (χ2v) is 33.0. The van der Waals surface area contributed by atoms with Crippen molar-refractivity contribution in [2.24, 2.45) is 5.41 Å². The SMILES string of the molecule is CCCCCCCCCCCCSC(=S)SC(C)(C)C(=O)OCC(C)(COC(=O)C(C)(C)SC(=S)SCCCCCCCCCCCC)COC(=O)C(C)(C)SC(=S)SCCCCCCCCCCCC. The summed E-state index contributed by atoms with van der Waals surface area (Å²) in [5.74, 6) is 1.48. The van der Waals surface area contributed by atoms with Crippen LogP contribution < -0.4 is 0 Å². The highest BCUT2D eigenvalue weighted by Gasteiger charge is 2.40. The Balaban J connectivity index is 5.37. The lowest BCUT2D eigenvalue weighted by atomic mass is 9.94. The monoisotopic (exact) mass is 1160 g/mol. The van der Waals surface area contributed by atoms with Crippen LogP contribution in [0.4, 0.5) is 0 Å². The highest BCUT2D eigenvalue weighted by atomic mass is 32.2. The van der Waals surface area contributed by atoms with Crippen molar-refractivity contribution in [1.29, 1.82) is 0 Å². The van der Waals surface area contributed by atoms with Gasteiger partial charge in [-0.3, -0.25) is 14.4 Å². The lowest BCUT2D eigenvalue weighted by molar-refractivity contribution is -0.162. The fraction of sp³-hybridized carbons (Fsp3) is 0.893. The van der Waals surface area contributed by atoms with Crippen molar-refractivity contribution in [3.63, 3.8) is 0 Å². The van der Waals surface area contributed by atoms with Gasteiger partial charge in [0.1, 0.15) is 44.6 Å². The molecule has 0 saturated heterocycles. The Morgan fingerprint density at radius 2 is 0.507 bits per heavy atom. The number of carbonyl (C=O) groups is 3. The molecule has 15 heteroatoms. The van der Waals surface area contributed by atoms with Crippen LogP contribution in [0.5, 0.6) is 0 Å². The number of thioether (sulfide) groups is 6. The van der Waals surface area contributed by atoms with Crippen molar-refractivity contribution in [3.8, 4) is 0 Å². The highest BCUT2D eigenvalue weighted by Crippen LogP contribution is 2.37. The Hall–Kier alpha value is 0.780. The molecule has 0 aromatic rings. The van der Waals surface area contributed by atoms with Gasteiger partial charge in [-0.2, -0.15) is 0 Å². The molecule has 0 aromatic heterocycles. The molecule has 0 aliphatic rings. The van der Waals surface area contributed by atoms with E-state index in [9.17, 15) is 14.4 Å². The molecule has 0 aliphatic carbocycles. The van der Waals surface area contributed by atoms with Crippen molar-refractivity contribution in [2.45, 2.75) is 276 Å². The number of ether oxygens (including phenoxy) is 3. The van der Waals surface area contributed by atoms with E-state index in [1.807, 2.05) is 48.5 Å². The molecule has 416 valence electrons. The first-order valence-electron chi connectivity index (χ1n) is 27.8. The lowest BCUT2D eigenvalue weighted by Gasteiger charge is -2.32. The minimum absolute atomic E-state index is 0.129. The Morgan fingerprint density at radius 1 is 0.324 bits per heavy atom. The van der Waals surface area contributed by atoms with Gasteiger partial charge in [-0.15, -0.1) is 35.3 Å². The third-order valence-electron chi connectivity index (χ3n) is 12.3. The second-order valence-electron chi connectivity index (χ2n) is 21.2. The van der Waals surface area contributed by atoms with Gasteiger partial charge in [0, 0.05) is 0 Å². The summed E-state index contributed by atoms with van der Waals surface area (Å²) >= 11 is 26.1. The standard InChI is InChI=1S/C56H102O6S9/c1-11-14-17-20-23-26-29-32-35-38-41-66-50(63)69-53(4,5)47(57)60-44-56(10,45-61-48(58)54(6,7)70-51(64)67-42-39-36-33-30-27-24-21-18-15-12-2)46-62-49(59)55(8,9)71-52(65)68-43-40-37-34-31-28-25-22-19-16-13-3/h11-46H2,1-10H3. The van der Waals surface area contributed by atoms with Gasteiger partial charge in [-0.25, -0.2) is 0 Å². The maximum absolute atomic E-state index is 13.7. The summed E-state index contributed by atoms with van der Waals surface area (Å²) in [7, 11) is 0. The molecule has 0 heterocycles. The number of hydrogen-bond acceptors (Lipinski definition) is 15. The molecular formula is C56H102O6S9. The smallest absolute Gasteiger partial charge is 0.322 e. The maximum Gasteiger partial charge on any atom is 0.322 e. The minimum Gasteiger partial charge on any atom is -0.464 e. The first-order chi connectivity index (χ1) is 33.7. The van der Waals surface area contributed by atoms with Gasteiger partial charge in [0.2, 0.25) is 0 Å². The van der Waals surface area contributed by atoms with E-state index < -0.39 is 37.6 Å². The summed E-state index contributed by atoms with van der Waals surface area (Å²) in [6, 6.07) is 0. The molecule has 6 nitrogen and oxygen atoms in total. The second kappa shape index (κ2) is 44.7. The third-order valence-corrected chi connectivity index (χ3v) is 20.6. The Labute approximate surface area is 478 Å². The molecule has 0 rings (SSSR count). The Bertz CT molecular complexity index is 1270. The summed E-state index contributed by atoms with van der Waals surface area (Å²) in [6.07, 6.45) is 38.5. The number of carbonyl (C=O) groups excluding carboxylic acids is 3. The zero-order chi connectivity index (χ0) is 53.3. The summed E-state index contributed by atoms with van der Waals surface area (Å²) in [4.78, 5) is 41.1. The molecule has 0 atom stereocenters. The molecule has 0 fully saturated rings. The topological polar surface area (TPSA) is 78.9 Å². The number of esters is 3. The molecule has 71 heavy (non-hydrogen) atoms. The highest BCUT2D eigenvalue weighted by molar-refractivity contribution is 8.48. The van der Waals surface area contributed by atoms with Crippen molar-refractivity contribution in [2.75, 3.05) is 37.1 Å². The molecule has 0 aromatic carbocycles. The molecule has 0 spiro atoms.